The van der Waals surface area contributed by atoms with E-state index in [0.29, 0.717) is 0 Å². The number of aromatic nitrogens is 1. The molecule has 2 atom stereocenters. The van der Waals surface area contributed by atoms with Crippen LogP contribution in [0.3, 0.4) is 0 Å². The molecule has 1 unspecified atom stereocenters. The molecule has 2 aliphatic heterocycles. The fraction of sp³-hybridized carbons (Fsp3) is 0.344. The van der Waals surface area contributed by atoms with Crippen LogP contribution < -0.4 is 8.95 Å². The van der Waals surface area contributed by atoms with E-state index in [0.717, 1.165) is 41.5 Å². The Hall–Kier alpha value is -2.54. The van der Waals surface area contributed by atoms with Crippen molar-refractivity contribution in [1.29, 1.82) is 0 Å². The predicted octanol–water partition coefficient (Wildman–Crippen LogP) is 9.24. The minimum absolute atomic E-state index is 0.105. The summed E-state index contributed by atoms with van der Waals surface area (Å²) < 4.78 is 23.2. The van der Waals surface area contributed by atoms with E-state index in [1.165, 1.54) is 11.1 Å². The van der Waals surface area contributed by atoms with Gasteiger partial charge in [0.05, 0.1) is 11.6 Å². The lowest BCUT2D eigenvalue weighted by Gasteiger charge is -2.36. The number of benzene rings is 3. The molecule has 0 aliphatic carbocycles. The third kappa shape index (κ3) is 4.92. The summed E-state index contributed by atoms with van der Waals surface area (Å²) in [4.78, 5) is 4.65. The average Bonchev–Trinajstić information content (AvgIpc) is 3.70. The van der Waals surface area contributed by atoms with Gasteiger partial charge in [-0.3, -0.25) is 4.52 Å². The van der Waals surface area contributed by atoms with Crippen LogP contribution in [-0.4, -0.2) is 30.6 Å². The standard InChI is InChI=1S/C32H37N2O3PSSi/c1-31(2,3)40(4,5)36-26-18-19-28(27(23-26)30-33-20-22-39-30)35-38-34-21-12-17-29(34)32(37-38,24-13-8-6-9-14-24)25-15-10-7-11-16-25/h6-11,13-16,18-20,22-23,29H,12,17,21H2,1-5H3/t29-,38?/m0/s1. The molecule has 0 amide bonds. The first-order valence-corrected chi connectivity index (χ1v) is 18.9. The Morgan fingerprint density at radius 2 is 1.68 bits per heavy atom. The molecular formula is C32H37N2O3PSSi. The second-order valence-electron chi connectivity index (χ2n) is 12.1. The Labute approximate surface area is 244 Å². The third-order valence-electron chi connectivity index (χ3n) is 8.50. The van der Waals surface area contributed by atoms with Crippen LogP contribution in [0.1, 0.15) is 44.7 Å². The van der Waals surface area contributed by atoms with Gasteiger partial charge >= 0.3 is 8.53 Å². The lowest BCUT2D eigenvalue weighted by molar-refractivity contribution is 0.108. The van der Waals surface area contributed by atoms with Gasteiger partial charge in [0.25, 0.3) is 0 Å². The van der Waals surface area contributed by atoms with Crippen LogP contribution in [0.15, 0.2) is 90.4 Å². The van der Waals surface area contributed by atoms with Crippen molar-refractivity contribution in [2.75, 3.05) is 6.54 Å². The molecule has 2 fully saturated rings. The highest BCUT2D eigenvalue weighted by Gasteiger charge is 2.59. The number of thiazole rings is 1. The topological polar surface area (TPSA) is 43.8 Å². The molecule has 0 radical (unpaired) electrons. The van der Waals surface area contributed by atoms with Crippen LogP contribution in [-0.2, 0) is 10.1 Å². The van der Waals surface area contributed by atoms with Crippen molar-refractivity contribution < 1.29 is 13.5 Å². The number of hydrogen-bond acceptors (Lipinski definition) is 6. The molecular weight excluding hydrogens is 551 g/mol. The summed E-state index contributed by atoms with van der Waals surface area (Å²) >= 11 is 1.61. The Kier molecular flexibility index (Phi) is 7.39. The number of rotatable bonds is 7. The fourth-order valence-electron chi connectivity index (χ4n) is 5.40. The van der Waals surface area contributed by atoms with E-state index in [1.54, 1.807) is 11.3 Å². The number of fused-ring (bicyclic) bond motifs is 1. The van der Waals surface area contributed by atoms with Crippen LogP contribution in [0.2, 0.25) is 18.1 Å². The van der Waals surface area contributed by atoms with E-state index in [2.05, 4.69) is 110 Å². The van der Waals surface area contributed by atoms with Crippen LogP contribution >= 0.6 is 19.9 Å². The van der Waals surface area contributed by atoms with Gasteiger partial charge in [-0.05, 0) is 60.3 Å². The quantitative estimate of drug-likeness (QED) is 0.159. The molecule has 0 bridgehead atoms. The maximum atomic E-state index is 7.15. The predicted molar refractivity (Wildman–Crippen MR) is 167 cm³/mol. The molecule has 3 heterocycles. The largest absolute Gasteiger partial charge is 0.543 e. The smallest absolute Gasteiger partial charge is 0.322 e. The normalized spacial score (nSPS) is 20.8. The van der Waals surface area contributed by atoms with E-state index < -0.39 is 22.4 Å². The highest BCUT2D eigenvalue weighted by Crippen LogP contribution is 2.65. The fourth-order valence-corrected chi connectivity index (χ4v) is 9.05. The van der Waals surface area contributed by atoms with E-state index in [4.69, 9.17) is 13.5 Å². The molecule has 3 aromatic carbocycles. The Morgan fingerprint density at radius 3 is 2.27 bits per heavy atom. The molecule has 5 nitrogen and oxygen atoms in total. The zero-order valence-electron chi connectivity index (χ0n) is 23.8. The molecule has 0 saturated carbocycles. The maximum Gasteiger partial charge on any atom is 0.322 e. The van der Waals surface area contributed by atoms with Crippen molar-refractivity contribution in [1.82, 2.24) is 9.65 Å². The summed E-state index contributed by atoms with van der Waals surface area (Å²) in [5.41, 5.74) is 2.71. The summed E-state index contributed by atoms with van der Waals surface area (Å²) in [5, 5.41) is 3.03. The zero-order chi connectivity index (χ0) is 28.0. The minimum atomic E-state index is -2.01. The van der Waals surface area contributed by atoms with Crippen molar-refractivity contribution in [3.63, 3.8) is 0 Å². The summed E-state index contributed by atoms with van der Waals surface area (Å²) in [6, 6.07) is 27.7. The van der Waals surface area contributed by atoms with Crippen molar-refractivity contribution in [3.05, 3.63) is 102 Å². The third-order valence-corrected chi connectivity index (χ3v) is 15.4. The van der Waals surface area contributed by atoms with E-state index in [1.807, 2.05) is 23.7 Å². The minimum Gasteiger partial charge on any atom is -0.543 e. The molecule has 208 valence electrons. The molecule has 1 aromatic heterocycles. The molecule has 6 rings (SSSR count). The Morgan fingerprint density at radius 1 is 1.00 bits per heavy atom. The Balaban J connectivity index is 1.38. The number of nitrogens with zero attached hydrogens (tertiary/aromatic N) is 2. The highest BCUT2D eigenvalue weighted by molar-refractivity contribution is 7.45. The van der Waals surface area contributed by atoms with E-state index >= 15 is 0 Å². The first kappa shape index (κ1) is 27.6. The molecule has 40 heavy (non-hydrogen) atoms. The van der Waals surface area contributed by atoms with Crippen molar-refractivity contribution in [2.24, 2.45) is 0 Å². The van der Waals surface area contributed by atoms with Gasteiger partial charge in [0.2, 0.25) is 8.32 Å². The lowest BCUT2D eigenvalue weighted by Crippen LogP contribution is -2.43. The molecule has 0 N–H and O–H groups in total. The molecule has 2 aliphatic rings. The highest BCUT2D eigenvalue weighted by atomic mass is 32.1. The van der Waals surface area contributed by atoms with Crippen LogP contribution in [0.25, 0.3) is 10.6 Å². The van der Waals surface area contributed by atoms with E-state index in [-0.39, 0.29) is 11.1 Å². The summed E-state index contributed by atoms with van der Waals surface area (Å²) in [6.07, 6.45) is 4.02. The van der Waals surface area contributed by atoms with Crippen molar-refractivity contribution in [2.45, 2.75) is 63.4 Å². The zero-order valence-corrected chi connectivity index (χ0v) is 26.5. The summed E-state index contributed by atoms with van der Waals surface area (Å²) in [7, 11) is -3.37. The van der Waals surface area contributed by atoms with Crippen LogP contribution in [0.4, 0.5) is 0 Å². The van der Waals surface area contributed by atoms with Gasteiger partial charge in [-0.2, -0.15) is 0 Å². The Bertz CT molecular complexity index is 1400. The SMILES string of the molecule is CC(C)(C)[Si](C)(C)Oc1ccc(OP2OC(c3ccccc3)(c3ccccc3)[C@@H]3CCCN32)c(-c2nccs2)c1. The second-order valence-corrected chi connectivity index (χ2v) is 19.0. The van der Waals surface area contributed by atoms with Crippen molar-refractivity contribution in [3.8, 4) is 22.1 Å². The average molecular weight is 589 g/mol. The first-order chi connectivity index (χ1) is 19.2. The molecule has 2 saturated heterocycles. The van der Waals surface area contributed by atoms with Gasteiger partial charge in [-0.1, -0.05) is 81.4 Å². The monoisotopic (exact) mass is 588 g/mol. The van der Waals surface area contributed by atoms with Crippen LogP contribution in [0, 0.1) is 0 Å². The molecule has 8 heteroatoms. The van der Waals surface area contributed by atoms with Gasteiger partial charge in [0.15, 0.2) is 0 Å². The first-order valence-electron chi connectivity index (χ1n) is 14.0. The lowest BCUT2D eigenvalue weighted by atomic mass is 9.79. The van der Waals surface area contributed by atoms with Gasteiger partial charge in [0.1, 0.15) is 22.1 Å². The molecule has 0 spiro atoms. The van der Waals surface area contributed by atoms with Crippen molar-refractivity contribution >= 4 is 28.2 Å². The summed E-state index contributed by atoms with van der Waals surface area (Å²) in [6.45, 7) is 12.3. The summed E-state index contributed by atoms with van der Waals surface area (Å²) in [5.74, 6) is 1.65. The van der Waals surface area contributed by atoms with Gasteiger partial charge < -0.3 is 8.95 Å². The van der Waals surface area contributed by atoms with Crippen LogP contribution in [0.5, 0.6) is 11.5 Å². The molecule has 4 aromatic rings. The maximum absolute atomic E-state index is 7.15. The number of hydrogen-bond donors (Lipinski definition) is 0. The van der Waals surface area contributed by atoms with Gasteiger partial charge in [-0.25, -0.2) is 9.65 Å². The van der Waals surface area contributed by atoms with Gasteiger partial charge in [-0.15, -0.1) is 11.3 Å². The van der Waals surface area contributed by atoms with Gasteiger partial charge in [0, 0.05) is 18.1 Å². The van der Waals surface area contributed by atoms with E-state index in [9.17, 15) is 0 Å². The second kappa shape index (κ2) is 10.7.